The van der Waals surface area contributed by atoms with Crippen LogP contribution in [-0.2, 0) is 19.1 Å². The highest BCUT2D eigenvalue weighted by molar-refractivity contribution is 6.02. The van der Waals surface area contributed by atoms with Gasteiger partial charge in [-0.3, -0.25) is 14.4 Å². The van der Waals surface area contributed by atoms with Gasteiger partial charge in [-0.05, 0) is 67.7 Å². The summed E-state index contributed by atoms with van der Waals surface area (Å²) in [5.74, 6) is 0.997. The summed E-state index contributed by atoms with van der Waals surface area (Å²) in [6.07, 6.45) is 6.65. The van der Waals surface area contributed by atoms with E-state index in [4.69, 9.17) is 4.74 Å². The highest BCUT2D eigenvalue weighted by atomic mass is 16.5. The lowest BCUT2D eigenvalue weighted by Crippen LogP contribution is -2.54. The van der Waals surface area contributed by atoms with E-state index >= 15 is 0 Å². The lowest BCUT2D eigenvalue weighted by Gasteiger charge is -2.55. The number of nitrogens with one attached hydrogen (secondary N) is 2. The zero-order chi connectivity index (χ0) is 21.4. The maximum atomic E-state index is 12.9. The normalized spacial score (nSPS) is 28.3. The summed E-state index contributed by atoms with van der Waals surface area (Å²) in [7, 11) is 0. The number of ether oxygens (including phenoxy) is 1. The van der Waals surface area contributed by atoms with Crippen LogP contribution in [0.3, 0.4) is 0 Å². The second-order valence-electron chi connectivity index (χ2n) is 9.62. The number of anilines is 1. The van der Waals surface area contributed by atoms with Gasteiger partial charge in [0.1, 0.15) is 6.54 Å². The van der Waals surface area contributed by atoms with Gasteiger partial charge in [-0.2, -0.15) is 0 Å². The van der Waals surface area contributed by atoms with Crippen molar-refractivity contribution < 1.29 is 19.1 Å². The van der Waals surface area contributed by atoms with Gasteiger partial charge in [0, 0.05) is 16.5 Å². The van der Waals surface area contributed by atoms with E-state index in [1.807, 2.05) is 42.5 Å². The van der Waals surface area contributed by atoms with Crippen LogP contribution in [0, 0.1) is 23.2 Å². The lowest BCUT2D eigenvalue weighted by molar-refractivity contribution is -0.152. The van der Waals surface area contributed by atoms with Crippen LogP contribution in [0.25, 0.3) is 10.8 Å². The maximum absolute atomic E-state index is 12.9. The highest BCUT2D eigenvalue weighted by Crippen LogP contribution is 2.60. The van der Waals surface area contributed by atoms with E-state index in [1.54, 1.807) is 0 Å². The molecule has 0 aromatic heterocycles. The molecule has 4 fully saturated rings. The summed E-state index contributed by atoms with van der Waals surface area (Å²) in [6, 6.07) is 13.4. The standard InChI is InChI=1S/C25H28N2O4/c28-22(27-21-7-3-5-19-4-1-2-6-20(19)21)15-31-23(29)14-26-24(30)25-11-16-8-17(12-25)10-18(9-16)13-25/h1-7,16-18H,8-15H2,(H,26,30)(H,27,28). The topological polar surface area (TPSA) is 84.5 Å². The fourth-order valence-corrected chi connectivity index (χ4v) is 6.45. The molecule has 0 saturated heterocycles. The molecule has 0 spiro atoms. The number of esters is 1. The lowest BCUT2D eigenvalue weighted by atomic mass is 9.49. The Morgan fingerprint density at radius 1 is 0.903 bits per heavy atom. The van der Waals surface area contributed by atoms with E-state index in [9.17, 15) is 14.4 Å². The minimum atomic E-state index is -0.592. The Kier molecular flexibility index (Phi) is 5.16. The van der Waals surface area contributed by atoms with E-state index in [0.29, 0.717) is 23.4 Å². The quantitative estimate of drug-likeness (QED) is 0.699. The van der Waals surface area contributed by atoms with Gasteiger partial charge >= 0.3 is 5.97 Å². The van der Waals surface area contributed by atoms with Crippen LogP contribution in [0.1, 0.15) is 38.5 Å². The zero-order valence-electron chi connectivity index (χ0n) is 17.6. The molecule has 162 valence electrons. The maximum Gasteiger partial charge on any atom is 0.325 e. The van der Waals surface area contributed by atoms with Crippen molar-refractivity contribution in [1.82, 2.24) is 5.32 Å². The van der Waals surface area contributed by atoms with Crippen LogP contribution in [-0.4, -0.2) is 30.9 Å². The summed E-state index contributed by atoms with van der Waals surface area (Å²) >= 11 is 0. The first kappa shape index (κ1) is 20.0. The molecule has 4 aliphatic carbocycles. The first-order valence-electron chi connectivity index (χ1n) is 11.2. The van der Waals surface area contributed by atoms with Gasteiger partial charge in [-0.15, -0.1) is 0 Å². The van der Waals surface area contributed by atoms with Crippen molar-refractivity contribution in [1.29, 1.82) is 0 Å². The molecular weight excluding hydrogens is 392 g/mol. The molecule has 6 rings (SSSR count). The van der Waals surface area contributed by atoms with Gasteiger partial charge in [0.2, 0.25) is 5.91 Å². The summed E-state index contributed by atoms with van der Waals surface area (Å²) in [4.78, 5) is 37.3. The minimum absolute atomic E-state index is 0.0104. The molecule has 6 heteroatoms. The van der Waals surface area contributed by atoms with Crippen LogP contribution in [0.5, 0.6) is 0 Å². The summed E-state index contributed by atoms with van der Waals surface area (Å²) in [6.45, 7) is -0.572. The molecule has 0 atom stereocenters. The Labute approximate surface area is 181 Å². The van der Waals surface area contributed by atoms with Crippen molar-refractivity contribution in [3.05, 3.63) is 42.5 Å². The SMILES string of the molecule is O=C(COC(=O)CNC(=O)C12CC3CC(CC(C3)C1)C2)Nc1cccc2ccccc12. The van der Waals surface area contributed by atoms with Crippen molar-refractivity contribution in [3.8, 4) is 0 Å². The molecule has 0 heterocycles. The largest absolute Gasteiger partial charge is 0.454 e. The molecule has 31 heavy (non-hydrogen) atoms. The summed E-state index contributed by atoms with van der Waals surface area (Å²) < 4.78 is 5.09. The van der Waals surface area contributed by atoms with Gasteiger partial charge in [-0.25, -0.2) is 0 Å². The molecular formula is C25H28N2O4. The number of carbonyl (C=O) groups excluding carboxylic acids is 3. The van der Waals surface area contributed by atoms with Crippen molar-refractivity contribution >= 4 is 34.2 Å². The number of hydrogen-bond donors (Lipinski definition) is 2. The number of benzene rings is 2. The predicted molar refractivity (Wildman–Crippen MR) is 117 cm³/mol. The first-order valence-corrected chi connectivity index (χ1v) is 11.2. The zero-order valence-corrected chi connectivity index (χ0v) is 17.6. The fraction of sp³-hybridized carbons (Fsp3) is 0.480. The summed E-state index contributed by atoms with van der Waals surface area (Å²) in [5, 5.41) is 7.52. The molecule has 0 unspecified atom stereocenters. The van der Waals surface area contributed by atoms with Crippen molar-refractivity contribution in [3.63, 3.8) is 0 Å². The van der Waals surface area contributed by atoms with Crippen LogP contribution >= 0.6 is 0 Å². The van der Waals surface area contributed by atoms with Gasteiger partial charge in [0.05, 0.1) is 0 Å². The molecule has 2 aromatic carbocycles. The molecule has 2 amide bonds. The van der Waals surface area contributed by atoms with Gasteiger partial charge in [0.25, 0.3) is 5.91 Å². The smallest absolute Gasteiger partial charge is 0.325 e. The number of amides is 2. The van der Waals surface area contributed by atoms with E-state index in [-0.39, 0.29) is 24.5 Å². The number of rotatable bonds is 6. The van der Waals surface area contributed by atoms with E-state index in [2.05, 4.69) is 10.6 Å². The molecule has 4 aliphatic rings. The fourth-order valence-electron chi connectivity index (χ4n) is 6.45. The first-order chi connectivity index (χ1) is 15.0. The second kappa shape index (κ2) is 7.98. The average molecular weight is 421 g/mol. The third-order valence-corrected chi connectivity index (χ3v) is 7.34. The monoisotopic (exact) mass is 420 g/mol. The molecule has 0 aliphatic heterocycles. The van der Waals surface area contributed by atoms with E-state index < -0.39 is 11.9 Å². The van der Waals surface area contributed by atoms with Crippen molar-refractivity contribution in [2.24, 2.45) is 23.2 Å². The van der Waals surface area contributed by atoms with E-state index in [1.165, 1.54) is 19.3 Å². The summed E-state index contributed by atoms with van der Waals surface area (Å²) in [5.41, 5.74) is 0.384. The highest BCUT2D eigenvalue weighted by Gasteiger charge is 2.54. The Bertz CT molecular complexity index is 991. The third-order valence-electron chi connectivity index (χ3n) is 7.34. The van der Waals surface area contributed by atoms with Crippen LogP contribution in [0.2, 0.25) is 0 Å². The van der Waals surface area contributed by atoms with Crippen LogP contribution < -0.4 is 10.6 Å². The van der Waals surface area contributed by atoms with Crippen LogP contribution in [0.15, 0.2) is 42.5 Å². The van der Waals surface area contributed by atoms with Gasteiger partial charge < -0.3 is 15.4 Å². The Morgan fingerprint density at radius 3 is 2.26 bits per heavy atom. The van der Waals surface area contributed by atoms with Crippen molar-refractivity contribution in [2.75, 3.05) is 18.5 Å². The van der Waals surface area contributed by atoms with E-state index in [0.717, 1.165) is 30.0 Å². The minimum Gasteiger partial charge on any atom is -0.454 e. The van der Waals surface area contributed by atoms with Gasteiger partial charge in [0.15, 0.2) is 6.61 Å². The Balaban J connectivity index is 1.10. The Morgan fingerprint density at radius 2 is 1.55 bits per heavy atom. The second-order valence-corrected chi connectivity index (χ2v) is 9.62. The molecule has 4 saturated carbocycles. The molecule has 0 radical (unpaired) electrons. The number of hydrogen-bond acceptors (Lipinski definition) is 4. The van der Waals surface area contributed by atoms with Crippen LogP contribution in [0.4, 0.5) is 5.69 Å². The number of fused-ring (bicyclic) bond motifs is 1. The molecule has 4 bridgehead atoms. The molecule has 2 N–H and O–H groups in total. The number of carbonyl (C=O) groups is 3. The average Bonchev–Trinajstić information content (AvgIpc) is 2.75. The van der Waals surface area contributed by atoms with Gasteiger partial charge in [-0.1, -0.05) is 36.4 Å². The molecule has 6 nitrogen and oxygen atoms in total. The molecule has 2 aromatic rings. The predicted octanol–water partition coefficient (Wildman–Crippen LogP) is 3.65. The third kappa shape index (κ3) is 4.03. The Hall–Kier alpha value is -2.89. The van der Waals surface area contributed by atoms with Crippen molar-refractivity contribution in [2.45, 2.75) is 38.5 Å².